The largest absolute Gasteiger partial charge is 0.477 e. The molecule has 0 aromatic rings. The molecule has 0 saturated heterocycles. The maximum Gasteiger partial charge on any atom is 0.362 e. The van der Waals surface area contributed by atoms with E-state index in [0.717, 1.165) is 64.2 Å². The van der Waals surface area contributed by atoms with Crippen molar-refractivity contribution in [2.75, 3.05) is 41.0 Å². The molecular formula is C40H74NO7+. The lowest BCUT2D eigenvalue weighted by Gasteiger charge is -2.31. The minimum Gasteiger partial charge on any atom is -0.477 e. The van der Waals surface area contributed by atoms with Gasteiger partial charge in [0.05, 0.1) is 34.4 Å². The zero-order valence-electron chi connectivity index (χ0n) is 31.7. The van der Waals surface area contributed by atoms with Gasteiger partial charge < -0.3 is 23.8 Å². The summed E-state index contributed by atoms with van der Waals surface area (Å²) in [6, 6.07) is -0.614. The van der Waals surface area contributed by atoms with E-state index in [4.69, 9.17) is 14.2 Å². The van der Waals surface area contributed by atoms with E-state index >= 15 is 0 Å². The zero-order chi connectivity index (χ0) is 35.7. The third kappa shape index (κ3) is 29.9. The topological polar surface area (TPSA) is 99.1 Å². The minimum absolute atomic E-state index is 0.0544. The quantitative estimate of drug-likeness (QED) is 0.0313. The van der Waals surface area contributed by atoms with Crippen LogP contribution in [-0.2, 0) is 28.6 Å². The normalized spacial score (nSPS) is 13.3. The van der Waals surface area contributed by atoms with Crippen LogP contribution in [0.3, 0.4) is 0 Å². The molecule has 0 heterocycles. The van der Waals surface area contributed by atoms with Crippen LogP contribution in [-0.4, -0.2) is 80.6 Å². The zero-order valence-corrected chi connectivity index (χ0v) is 31.7. The van der Waals surface area contributed by atoms with Crippen molar-refractivity contribution in [3.63, 3.8) is 0 Å². The van der Waals surface area contributed by atoms with Crippen LogP contribution in [0.2, 0.25) is 0 Å². The van der Waals surface area contributed by atoms with Crippen molar-refractivity contribution >= 4 is 17.9 Å². The van der Waals surface area contributed by atoms with Crippen molar-refractivity contribution < 1.29 is 38.2 Å². The van der Waals surface area contributed by atoms with Gasteiger partial charge in [-0.1, -0.05) is 109 Å². The smallest absolute Gasteiger partial charge is 0.362 e. The van der Waals surface area contributed by atoms with Crippen LogP contribution in [0.1, 0.15) is 162 Å². The highest BCUT2D eigenvalue weighted by Gasteiger charge is 2.31. The van der Waals surface area contributed by atoms with Crippen LogP contribution in [0.4, 0.5) is 0 Å². The molecular weight excluding hydrogens is 606 g/mol. The van der Waals surface area contributed by atoms with Crippen molar-refractivity contribution in [3.05, 3.63) is 24.3 Å². The molecule has 2 atom stereocenters. The Balaban J connectivity index is 4.46. The van der Waals surface area contributed by atoms with Crippen LogP contribution >= 0.6 is 0 Å². The molecule has 0 amide bonds. The highest BCUT2D eigenvalue weighted by atomic mass is 16.6. The van der Waals surface area contributed by atoms with E-state index in [0.29, 0.717) is 19.3 Å². The van der Waals surface area contributed by atoms with Gasteiger partial charge in [0.2, 0.25) is 0 Å². The van der Waals surface area contributed by atoms with Gasteiger partial charge >= 0.3 is 17.9 Å². The predicted octanol–water partition coefficient (Wildman–Crippen LogP) is 9.74. The molecule has 0 rings (SSSR count). The number of allylic oxidation sites excluding steroid dienone is 4. The number of hydrogen-bond donors (Lipinski definition) is 1. The first kappa shape index (κ1) is 45.8. The lowest BCUT2D eigenvalue weighted by Crippen LogP contribution is -2.50. The summed E-state index contributed by atoms with van der Waals surface area (Å²) in [5.74, 6) is -1.50. The van der Waals surface area contributed by atoms with Gasteiger partial charge in [-0.25, -0.2) is 4.79 Å². The molecule has 2 unspecified atom stereocenters. The molecule has 8 nitrogen and oxygen atoms in total. The van der Waals surface area contributed by atoms with Crippen molar-refractivity contribution in [3.8, 4) is 0 Å². The molecule has 0 spiro atoms. The first-order chi connectivity index (χ1) is 23.1. The molecule has 0 aromatic heterocycles. The molecule has 1 N–H and O–H groups in total. The van der Waals surface area contributed by atoms with Crippen molar-refractivity contribution in [2.24, 2.45) is 0 Å². The number of rotatable bonds is 34. The first-order valence-electron chi connectivity index (χ1n) is 19.4. The number of carboxylic acids is 1. The second-order valence-corrected chi connectivity index (χ2v) is 14.2. The Morgan fingerprint density at radius 1 is 0.604 bits per heavy atom. The maximum atomic E-state index is 12.6. The first-order valence-corrected chi connectivity index (χ1v) is 19.4. The summed E-state index contributed by atoms with van der Waals surface area (Å²) in [4.78, 5) is 36.7. The van der Waals surface area contributed by atoms with Gasteiger partial charge in [0, 0.05) is 19.3 Å². The fourth-order valence-electron chi connectivity index (χ4n) is 5.48. The average Bonchev–Trinajstić information content (AvgIpc) is 3.03. The van der Waals surface area contributed by atoms with Gasteiger partial charge in [0.15, 0.2) is 12.1 Å². The molecule has 0 aromatic carbocycles. The molecule has 0 aliphatic carbocycles. The summed E-state index contributed by atoms with van der Waals surface area (Å²) >= 11 is 0. The van der Waals surface area contributed by atoms with E-state index < -0.39 is 18.1 Å². The summed E-state index contributed by atoms with van der Waals surface area (Å²) in [6.07, 6.45) is 32.2. The lowest BCUT2D eigenvalue weighted by atomic mass is 10.1. The van der Waals surface area contributed by atoms with Crippen molar-refractivity contribution in [2.45, 2.75) is 174 Å². The van der Waals surface area contributed by atoms with E-state index in [-0.39, 0.29) is 36.2 Å². The summed E-state index contributed by atoms with van der Waals surface area (Å²) in [6.45, 7) is 4.65. The number of ether oxygens (including phenoxy) is 3. The van der Waals surface area contributed by atoms with Crippen molar-refractivity contribution in [1.29, 1.82) is 0 Å². The van der Waals surface area contributed by atoms with E-state index in [9.17, 15) is 19.5 Å². The molecule has 280 valence electrons. The van der Waals surface area contributed by atoms with Crippen LogP contribution in [0.15, 0.2) is 24.3 Å². The standard InChI is InChI=1S/C40H73NO7/c1-6-8-10-12-14-16-18-19-21-23-25-27-29-31-39(43)48-36(34-46-33-32-37(40(44)45)41(3,4)5)35-47-38(42)30-28-26-24-22-20-17-15-13-11-9-7-2/h13,15,19,21,36-37H,6-12,14,16-18,20,22-35H2,1-5H3/p+1/b15-13+,21-19+. The van der Waals surface area contributed by atoms with Gasteiger partial charge in [-0.15, -0.1) is 0 Å². The minimum atomic E-state index is -0.879. The van der Waals surface area contributed by atoms with E-state index in [2.05, 4.69) is 38.2 Å². The summed E-state index contributed by atoms with van der Waals surface area (Å²) < 4.78 is 17.2. The third-order valence-electron chi connectivity index (χ3n) is 8.57. The van der Waals surface area contributed by atoms with Crippen LogP contribution < -0.4 is 0 Å². The average molecular weight is 681 g/mol. The third-order valence-corrected chi connectivity index (χ3v) is 8.57. The number of carbonyl (C=O) groups is 3. The molecule has 0 aliphatic rings. The van der Waals surface area contributed by atoms with E-state index in [1.807, 2.05) is 21.1 Å². The summed E-state index contributed by atoms with van der Waals surface area (Å²) in [5, 5.41) is 9.57. The Morgan fingerprint density at radius 3 is 1.58 bits per heavy atom. The Hall–Kier alpha value is -2.19. The molecule has 0 bridgehead atoms. The van der Waals surface area contributed by atoms with Crippen LogP contribution in [0, 0.1) is 0 Å². The number of carbonyl (C=O) groups excluding carboxylic acids is 2. The van der Waals surface area contributed by atoms with Crippen LogP contribution in [0.25, 0.3) is 0 Å². The summed E-state index contributed by atoms with van der Waals surface area (Å²) in [5.41, 5.74) is 0. The van der Waals surface area contributed by atoms with Gasteiger partial charge in [0.1, 0.15) is 6.61 Å². The summed E-state index contributed by atoms with van der Waals surface area (Å²) in [7, 11) is 5.51. The molecule has 0 aliphatic heterocycles. The Bertz CT molecular complexity index is 849. The second kappa shape index (κ2) is 32.0. The van der Waals surface area contributed by atoms with E-state index in [1.54, 1.807) is 0 Å². The number of unbranched alkanes of at least 4 members (excludes halogenated alkanes) is 16. The molecule has 0 radical (unpaired) electrons. The number of nitrogens with zero attached hydrogens (tertiary/aromatic N) is 1. The molecule has 0 saturated carbocycles. The van der Waals surface area contributed by atoms with Gasteiger partial charge in [-0.2, -0.15) is 0 Å². The molecule has 48 heavy (non-hydrogen) atoms. The molecule has 0 fully saturated rings. The highest BCUT2D eigenvalue weighted by molar-refractivity contribution is 5.72. The monoisotopic (exact) mass is 681 g/mol. The maximum absolute atomic E-state index is 12.6. The van der Waals surface area contributed by atoms with Crippen molar-refractivity contribution in [1.82, 2.24) is 0 Å². The number of hydrogen-bond acceptors (Lipinski definition) is 6. The van der Waals surface area contributed by atoms with E-state index in [1.165, 1.54) is 64.2 Å². The fraction of sp³-hybridized carbons (Fsp3) is 0.825. The molecule has 8 heteroatoms. The number of quaternary nitrogens is 1. The predicted molar refractivity (Wildman–Crippen MR) is 197 cm³/mol. The number of likely N-dealkylation sites (N-methyl/N-ethyl adjacent to an activating group) is 1. The number of esters is 2. The fourth-order valence-corrected chi connectivity index (χ4v) is 5.48. The van der Waals surface area contributed by atoms with Crippen LogP contribution in [0.5, 0.6) is 0 Å². The van der Waals surface area contributed by atoms with Gasteiger partial charge in [-0.05, 0) is 57.8 Å². The number of aliphatic carboxylic acids is 1. The van der Waals surface area contributed by atoms with Gasteiger partial charge in [0.25, 0.3) is 0 Å². The number of carboxylic acid groups (broad SMARTS) is 1. The highest BCUT2D eigenvalue weighted by Crippen LogP contribution is 2.13. The lowest BCUT2D eigenvalue weighted by molar-refractivity contribution is -0.887. The Morgan fingerprint density at radius 2 is 1.06 bits per heavy atom. The van der Waals surface area contributed by atoms with Gasteiger partial charge in [-0.3, -0.25) is 9.59 Å². The second-order valence-electron chi connectivity index (χ2n) is 14.2. The Kier molecular flexibility index (Phi) is 30.6. The SMILES string of the molecule is CCCC/C=C/CCCCCCCC(=O)OCC(COCCC(C(=O)O)[N+](C)(C)C)OC(=O)CCCCC/C=C/CCCCCCCC. The Labute approximate surface area is 294 Å².